The number of Topliss-reactive ketones (excluding diaryl/α,β-unsaturated/α-hetero) is 1. The highest BCUT2D eigenvalue weighted by Gasteiger charge is 2.23. The number of nitrogens with one attached hydrogen (secondary N) is 1. The fourth-order valence-electron chi connectivity index (χ4n) is 2.52. The molecule has 0 fully saturated rings. The Labute approximate surface area is 152 Å². The number of ketones is 1. The van der Waals surface area contributed by atoms with E-state index in [-0.39, 0.29) is 18.2 Å². The van der Waals surface area contributed by atoms with Crippen molar-refractivity contribution < 1.29 is 21.8 Å². The first-order valence-electron chi connectivity index (χ1n) is 7.55. The number of nitrogens with zero attached hydrogens (tertiary/aromatic N) is 1. The van der Waals surface area contributed by atoms with Crippen LogP contribution >= 0.6 is 11.3 Å². The number of benzene rings is 2. The first kappa shape index (κ1) is 18.2. The highest BCUT2D eigenvalue weighted by Crippen LogP contribution is 2.25. The van der Waals surface area contributed by atoms with Crippen LogP contribution in [-0.4, -0.2) is 5.78 Å². The Morgan fingerprint density at radius 2 is 1.62 bits per heavy atom. The Hall–Kier alpha value is -2.17. The summed E-state index contributed by atoms with van der Waals surface area (Å²) in [5.74, 6) is 0.107. The summed E-state index contributed by atoms with van der Waals surface area (Å²) in [6.45, 7) is 4.37. The van der Waals surface area contributed by atoms with Crippen molar-refractivity contribution in [3.05, 3.63) is 76.8 Å². The fourth-order valence-corrected chi connectivity index (χ4v) is 3.60. The monoisotopic (exact) mass is 358 g/mol. The third-order valence-corrected chi connectivity index (χ3v) is 5.01. The minimum atomic E-state index is 0. The summed E-state index contributed by atoms with van der Waals surface area (Å²) < 4.78 is 2.17. The molecule has 1 N–H and O–H groups in total. The second kappa shape index (κ2) is 8.08. The molecule has 3 aromatic rings. The maximum Gasteiger partial charge on any atom is 0.340 e. The second-order valence-electron chi connectivity index (χ2n) is 5.44. The van der Waals surface area contributed by atoms with Crippen LogP contribution < -0.4 is 22.3 Å². The van der Waals surface area contributed by atoms with Gasteiger partial charge in [0.15, 0.2) is 5.78 Å². The SMILES string of the molecule is CC(=O)c1sc(Nc2ccccc2)[n+](Cc2ccccc2)c1C.[Cl-]. The molecule has 3 nitrogen and oxygen atoms in total. The van der Waals surface area contributed by atoms with Gasteiger partial charge in [-0.05, 0) is 36.0 Å². The molecule has 2 aromatic carbocycles. The van der Waals surface area contributed by atoms with Crippen molar-refractivity contribution in [2.24, 2.45) is 0 Å². The maximum absolute atomic E-state index is 11.9. The molecule has 24 heavy (non-hydrogen) atoms. The average molecular weight is 359 g/mol. The second-order valence-corrected chi connectivity index (χ2v) is 6.44. The van der Waals surface area contributed by atoms with Gasteiger partial charge in [-0.3, -0.25) is 4.79 Å². The zero-order valence-corrected chi connectivity index (χ0v) is 15.2. The normalized spacial score (nSPS) is 10.1. The molecule has 0 atom stereocenters. The van der Waals surface area contributed by atoms with Gasteiger partial charge >= 0.3 is 5.13 Å². The lowest BCUT2D eigenvalue weighted by Crippen LogP contribution is -3.00. The van der Waals surface area contributed by atoms with Crippen LogP contribution in [0, 0.1) is 6.92 Å². The van der Waals surface area contributed by atoms with Gasteiger partial charge in [0.1, 0.15) is 22.8 Å². The number of hydrogen-bond acceptors (Lipinski definition) is 3. The fraction of sp³-hybridized carbons (Fsp3) is 0.158. The first-order chi connectivity index (χ1) is 11.1. The molecule has 5 heteroatoms. The Morgan fingerprint density at radius 3 is 2.21 bits per heavy atom. The van der Waals surface area contributed by atoms with Gasteiger partial charge in [-0.15, -0.1) is 0 Å². The van der Waals surface area contributed by atoms with Crippen molar-refractivity contribution in [3.63, 3.8) is 0 Å². The number of thiazole rings is 1. The molecule has 0 aliphatic carbocycles. The molecule has 1 heterocycles. The molecule has 3 rings (SSSR count). The van der Waals surface area contributed by atoms with Crippen molar-refractivity contribution in [3.8, 4) is 0 Å². The van der Waals surface area contributed by atoms with Crippen LogP contribution in [0.15, 0.2) is 60.7 Å². The van der Waals surface area contributed by atoms with Crippen molar-refractivity contribution in [1.29, 1.82) is 0 Å². The molecular weight excluding hydrogens is 340 g/mol. The van der Waals surface area contributed by atoms with Crippen LogP contribution in [-0.2, 0) is 6.54 Å². The van der Waals surface area contributed by atoms with E-state index >= 15 is 0 Å². The molecule has 0 radical (unpaired) electrons. The summed E-state index contributed by atoms with van der Waals surface area (Å²) in [5.41, 5.74) is 3.24. The van der Waals surface area contributed by atoms with Gasteiger partial charge in [-0.1, -0.05) is 48.5 Å². The first-order valence-corrected chi connectivity index (χ1v) is 8.37. The van der Waals surface area contributed by atoms with E-state index in [1.54, 1.807) is 6.92 Å². The van der Waals surface area contributed by atoms with Gasteiger partial charge < -0.3 is 12.4 Å². The standard InChI is InChI=1S/C19H18N2OS.ClH/c1-14-18(15(2)22)23-19(20-17-11-7-4-8-12-17)21(14)13-16-9-5-3-6-10-16;/h3-12H,13H2,1-2H3;1H. The summed E-state index contributed by atoms with van der Waals surface area (Å²) >= 11 is 1.51. The predicted octanol–water partition coefficient (Wildman–Crippen LogP) is 1.34. The van der Waals surface area contributed by atoms with Gasteiger partial charge in [0.05, 0.1) is 0 Å². The lowest BCUT2D eigenvalue weighted by molar-refractivity contribution is -0.676. The van der Waals surface area contributed by atoms with E-state index in [4.69, 9.17) is 0 Å². The summed E-state index contributed by atoms with van der Waals surface area (Å²) in [6.07, 6.45) is 0. The van der Waals surface area contributed by atoms with E-state index in [0.29, 0.717) is 0 Å². The number of halogens is 1. The topological polar surface area (TPSA) is 33.0 Å². The van der Waals surface area contributed by atoms with Crippen LogP contribution in [0.2, 0.25) is 0 Å². The molecule has 0 aliphatic heterocycles. The maximum atomic E-state index is 11.9. The van der Waals surface area contributed by atoms with Crippen LogP contribution in [0.3, 0.4) is 0 Å². The molecule has 0 saturated carbocycles. The van der Waals surface area contributed by atoms with E-state index in [2.05, 4.69) is 22.0 Å². The smallest absolute Gasteiger partial charge is 0.340 e. The zero-order chi connectivity index (χ0) is 16.2. The van der Waals surface area contributed by atoms with Gasteiger partial charge in [0.2, 0.25) is 0 Å². The average Bonchev–Trinajstić information content (AvgIpc) is 2.86. The van der Waals surface area contributed by atoms with E-state index in [1.165, 1.54) is 16.9 Å². The minimum Gasteiger partial charge on any atom is -1.00 e. The van der Waals surface area contributed by atoms with Crippen molar-refractivity contribution in [2.75, 3.05) is 5.32 Å². The minimum absolute atomic E-state index is 0. The van der Waals surface area contributed by atoms with Crippen LogP contribution in [0.4, 0.5) is 10.8 Å². The molecule has 0 amide bonds. The van der Waals surface area contributed by atoms with Gasteiger partial charge in [0, 0.05) is 6.92 Å². The lowest BCUT2D eigenvalue weighted by Gasteiger charge is -2.04. The number of rotatable bonds is 5. The highest BCUT2D eigenvalue weighted by molar-refractivity contribution is 7.17. The number of para-hydroxylation sites is 1. The Kier molecular flexibility index (Phi) is 6.12. The number of anilines is 2. The zero-order valence-electron chi connectivity index (χ0n) is 13.6. The number of hydrogen-bond donors (Lipinski definition) is 1. The van der Waals surface area contributed by atoms with Crippen LogP contribution in [0.5, 0.6) is 0 Å². The molecule has 1 aromatic heterocycles. The van der Waals surface area contributed by atoms with Crippen molar-refractivity contribution in [1.82, 2.24) is 0 Å². The van der Waals surface area contributed by atoms with Gasteiger partial charge in [-0.2, -0.15) is 0 Å². The van der Waals surface area contributed by atoms with Crippen LogP contribution in [0.1, 0.15) is 27.9 Å². The Morgan fingerprint density at radius 1 is 1.04 bits per heavy atom. The lowest BCUT2D eigenvalue weighted by atomic mass is 10.2. The molecule has 0 saturated heterocycles. The van der Waals surface area contributed by atoms with E-state index < -0.39 is 0 Å². The summed E-state index contributed by atoms with van der Waals surface area (Å²) in [4.78, 5) is 12.7. The van der Waals surface area contributed by atoms with Crippen LogP contribution in [0.25, 0.3) is 0 Å². The Bertz CT molecular complexity index is 816. The number of aromatic nitrogens is 1. The van der Waals surface area contributed by atoms with Crippen molar-refractivity contribution in [2.45, 2.75) is 20.4 Å². The van der Waals surface area contributed by atoms with Gasteiger partial charge in [0.25, 0.3) is 0 Å². The predicted molar refractivity (Wildman–Crippen MR) is 94.5 cm³/mol. The number of carbonyl (C=O) groups excluding carboxylic acids is 1. The highest BCUT2D eigenvalue weighted by atomic mass is 35.5. The molecule has 0 spiro atoms. The third-order valence-electron chi connectivity index (χ3n) is 3.71. The molecule has 0 aliphatic rings. The van der Waals surface area contributed by atoms with E-state index in [9.17, 15) is 4.79 Å². The van der Waals surface area contributed by atoms with E-state index in [0.717, 1.165) is 27.9 Å². The Balaban J connectivity index is 0.00000208. The quantitative estimate of drug-likeness (QED) is 0.551. The molecule has 0 unspecified atom stereocenters. The third kappa shape index (κ3) is 4.02. The summed E-state index contributed by atoms with van der Waals surface area (Å²) in [5, 5.41) is 4.41. The summed E-state index contributed by atoms with van der Waals surface area (Å²) in [7, 11) is 0. The molecule has 124 valence electrons. The number of carbonyl (C=O) groups is 1. The van der Waals surface area contributed by atoms with Gasteiger partial charge in [-0.25, -0.2) is 9.88 Å². The van der Waals surface area contributed by atoms with E-state index in [1.807, 2.05) is 55.5 Å². The summed E-state index contributed by atoms with van der Waals surface area (Å²) in [6, 6.07) is 20.3. The largest absolute Gasteiger partial charge is 1.00 e. The molecule has 0 bridgehead atoms. The molecular formula is C19H19ClN2OS. The van der Waals surface area contributed by atoms with Crippen molar-refractivity contribution >= 4 is 27.9 Å².